The normalized spacial score (nSPS) is 16.7. The van der Waals surface area contributed by atoms with E-state index in [1.807, 2.05) is 55.6 Å². The molecule has 1 atom stereocenters. The first-order valence-electron chi connectivity index (χ1n) is 12.6. The Bertz CT molecular complexity index is 1620. The number of hydrogen-bond acceptors (Lipinski definition) is 6. The highest BCUT2D eigenvalue weighted by Gasteiger charge is 2.46. The Morgan fingerprint density at radius 1 is 1.10 bits per heavy atom. The molecule has 1 saturated heterocycles. The molecule has 1 aliphatic rings. The molecule has 0 spiro atoms. The number of Topliss-reactive ketones (excluding diaryl/α,β-unsaturated/α-hetero) is 1. The zero-order valence-electron chi connectivity index (χ0n) is 21.5. The van der Waals surface area contributed by atoms with E-state index in [2.05, 4.69) is 4.98 Å². The van der Waals surface area contributed by atoms with Crippen molar-refractivity contribution in [2.75, 3.05) is 13.7 Å². The van der Waals surface area contributed by atoms with Crippen molar-refractivity contribution in [2.45, 2.75) is 25.8 Å². The van der Waals surface area contributed by atoms with Gasteiger partial charge in [-0.25, -0.2) is 0 Å². The highest BCUT2D eigenvalue weighted by atomic mass is 16.6. The highest BCUT2D eigenvalue weighted by molar-refractivity contribution is 6.46. The number of fused-ring (bicyclic) bond motifs is 1. The molecule has 1 aliphatic heterocycles. The van der Waals surface area contributed by atoms with Crippen LogP contribution in [-0.4, -0.2) is 45.3 Å². The topological polar surface area (TPSA) is 126 Å². The predicted octanol–water partition coefficient (Wildman–Crippen LogP) is 5.31. The summed E-state index contributed by atoms with van der Waals surface area (Å²) in [6.45, 7) is 2.24. The first-order valence-corrected chi connectivity index (χ1v) is 12.6. The number of nitro benzene ring substituents is 1. The Balaban J connectivity index is 1.57. The number of aryl methyl sites for hydroxylation is 1. The van der Waals surface area contributed by atoms with Gasteiger partial charge in [-0.3, -0.25) is 19.7 Å². The molecule has 1 fully saturated rings. The van der Waals surface area contributed by atoms with Gasteiger partial charge >= 0.3 is 0 Å². The van der Waals surface area contributed by atoms with Gasteiger partial charge in [-0.05, 0) is 47.7 Å². The fourth-order valence-electron chi connectivity index (χ4n) is 5.05. The van der Waals surface area contributed by atoms with Gasteiger partial charge in [0.1, 0.15) is 11.5 Å². The minimum atomic E-state index is -0.852. The van der Waals surface area contributed by atoms with Crippen LogP contribution in [0.4, 0.5) is 5.69 Å². The SMILES string of the molecule is CCc1ccc([C@@H]2C(=C(O)c3cccc([N+](=O)[O-])c3)C(=O)C(=O)N2CCc2c[nH]c3ccc(OC)cc23)cc1. The standard InChI is InChI=1S/C30H27N3O6/c1-3-18-7-9-19(10-8-18)27-26(28(34)20-5-4-6-22(15-20)33(37)38)29(35)30(36)32(27)14-13-21-17-31-25-12-11-23(39-2)16-24(21)25/h4-12,15-17,27,31,34H,3,13-14H2,1-2H3/t27-/m1/s1. The van der Waals surface area contributed by atoms with Gasteiger partial charge in [-0.1, -0.05) is 43.3 Å². The summed E-state index contributed by atoms with van der Waals surface area (Å²) >= 11 is 0. The van der Waals surface area contributed by atoms with Crippen LogP contribution in [0, 0.1) is 10.1 Å². The maximum Gasteiger partial charge on any atom is 0.295 e. The second kappa shape index (κ2) is 10.4. The lowest BCUT2D eigenvalue weighted by Gasteiger charge is -2.25. The first-order chi connectivity index (χ1) is 18.8. The second-order valence-electron chi connectivity index (χ2n) is 9.37. The summed E-state index contributed by atoms with van der Waals surface area (Å²) in [4.78, 5) is 42.1. The molecule has 3 aromatic carbocycles. The number of rotatable bonds is 8. The maximum atomic E-state index is 13.4. The number of nitrogens with zero attached hydrogens (tertiary/aromatic N) is 2. The second-order valence-corrected chi connectivity index (χ2v) is 9.37. The number of ketones is 1. The van der Waals surface area contributed by atoms with E-state index >= 15 is 0 Å². The van der Waals surface area contributed by atoms with Gasteiger partial charge in [-0.15, -0.1) is 0 Å². The largest absolute Gasteiger partial charge is 0.507 e. The summed E-state index contributed by atoms with van der Waals surface area (Å²) in [5.74, 6) is -1.30. The number of likely N-dealkylation sites (tertiary alicyclic amines) is 1. The number of aromatic nitrogens is 1. The van der Waals surface area contributed by atoms with E-state index in [9.17, 15) is 24.8 Å². The van der Waals surface area contributed by atoms with Crippen LogP contribution < -0.4 is 4.74 Å². The molecule has 0 unspecified atom stereocenters. The molecule has 0 radical (unpaired) electrons. The number of H-pyrrole nitrogens is 1. The van der Waals surface area contributed by atoms with Crippen molar-refractivity contribution in [1.29, 1.82) is 0 Å². The van der Waals surface area contributed by atoms with Gasteiger partial charge in [0.2, 0.25) is 0 Å². The Labute approximate surface area is 224 Å². The minimum Gasteiger partial charge on any atom is -0.507 e. The Hall–Kier alpha value is -4.92. The zero-order chi connectivity index (χ0) is 27.7. The summed E-state index contributed by atoms with van der Waals surface area (Å²) in [6, 6.07) is 17.8. The van der Waals surface area contributed by atoms with Crippen LogP contribution in [0.1, 0.15) is 35.2 Å². The molecule has 9 heteroatoms. The molecule has 0 saturated carbocycles. The summed E-state index contributed by atoms with van der Waals surface area (Å²) in [5.41, 5.74) is 3.40. The number of methoxy groups -OCH3 is 1. The number of non-ortho nitro benzene ring substituents is 1. The average Bonchev–Trinajstić information content (AvgIpc) is 3.48. The van der Waals surface area contributed by atoms with E-state index in [-0.39, 0.29) is 23.4 Å². The van der Waals surface area contributed by atoms with Crippen LogP contribution in [0.15, 0.2) is 78.5 Å². The van der Waals surface area contributed by atoms with Gasteiger partial charge in [-0.2, -0.15) is 0 Å². The van der Waals surface area contributed by atoms with E-state index < -0.39 is 28.4 Å². The fourth-order valence-corrected chi connectivity index (χ4v) is 5.05. The number of aliphatic hydroxyl groups excluding tert-OH is 1. The summed E-state index contributed by atoms with van der Waals surface area (Å²) in [7, 11) is 1.60. The van der Waals surface area contributed by atoms with Gasteiger partial charge < -0.3 is 19.7 Å². The molecule has 2 heterocycles. The molecule has 0 bridgehead atoms. The molecule has 0 aliphatic carbocycles. The van der Waals surface area contributed by atoms with E-state index in [4.69, 9.17) is 4.74 Å². The third kappa shape index (κ3) is 4.74. The van der Waals surface area contributed by atoms with Crippen molar-refractivity contribution in [1.82, 2.24) is 9.88 Å². The molecule has 9 nitrogen and oxygen atoms in total. The Kier molecular flexibility index (Phi) is 6.89. The van der Waals surface area contributed by atoms with Gasteiger partial charge in [0, 0.05) is 41.3 Å². The van der Waals surface area contributed by atoms with E-state index in [1.54, 1.807) is 7.11 Å². The minimum absolute atomic E-state index is 0.0923. The molecular weight excluding hydrogens is 498 g/mol. The number of aliphatic hydroxyl groups is 1. The zero-order valence-corrected chi connectivity index (χ0v) is 21.5. The number of aromatic amines is 1. The molecule has 2 N–H and O–H groups in total. The smallest absolute Gasteiger partial charge is 0.295 e. The third-order valence-corrected chi connectivity index (χ3v) is 7.17. The number of ether oxygens (including phenoxy) is 1. The van der Waals surface area contributed by atoms with Crippen molar-refractivity contribution in [3.8, 4) is 5.75 Å². The van der Waals surface area contributed by atoms with Crippen LogP contribution in [-0.2, 0) is 22.4 Å². The van der Waals surface area contributed by atoms with E-state index in [0.717, 1.165) is 28.5 Å². The van der Waals surface area contributed by atoms with Crippen LogP contribution in [0.3, 0.4) is 0 Å². The van der Waals surface area contributed by atoms with E-state index in [1.165, 1.54) is 29.2 Å². The van der Waals surface area contributed by atoms with Gasteiger partial charge in [0.25, 0.3) is 17.4 Å². The number of nitrogens with one attached hydrogen (secondary N) is 1. The highest BCUT2D eigenvalue weighted by Crippen LogP contribution is 2.40. The maximum absolute atomic E-state index is 13.4. The molecule has 1 amide bonds. The predicted molar refractivity (Wildman–Crippen MR) is 146 cm³/mol. The molecule has 39 heavy (non-hydrogen) atoms. The molecule has 1 aromatic heterocycles. The molecule has 198 valence electrons. The van der Waals surface area contributed by atoms with Crippen LogP contribution in [0.2, 0.25) is 0 Å². The van der Waals surface area contributed by atoms with Gasteiger partial charge in [0.05, 0.1) is 23.6 Å². The lowest BCUT2D eigenvalue weighted by molar-refractivity contribution is -0.384. The monoisotopic (exact) mass is 525 g/mol. The lowest BCUT2D eigenvalue weighted by atomic mass is 9.94. The third-order valence-electron chi connectivity index (χ3n) is 7.17. The van der Waals surface area contributed by atoms with Crippen LogP contribution in [0.5, 0.6) is 5.75 Å². The van der Waals surface area contributed by atoms with Crippen molar-refractivity contribution in [2.24, 2.45) is 0 Å². The summed E-state index contributed by atoms with van der Waals surface area (Å²) in [5, 5.41) is 23.5. The Morgan fingerprint density at radius 3 is 2.56 bits per heavy atom. The number of hydrogen-bond donors (Lipinski definition) is 2. The molecule has 5 rings (SSSR count). The van der Waals surface area contributed by atoms with Crippen LogP contribution >= 0.6 is 0 Å². The number of benzene rings is 3. The number of amides is 1. The Morgan fingerprint density at radius 2 is 1.87 bits per heavy atom. The van der Waals surface area contributed by atoms with Crippen molar-refractivity contribution in [3.05, 3.63) is 111 Å². The quantitative estimate of drug-likeness (QED) is 0.106. The molecular formula is C30H27N3O6. The lowest BCUT2D eigenvalue weighted by Crippen LogP contribution is -2.31. The summed E-state index contributed by atoms with van der Waals surface area (Å²) in [6.07, 6.45) is 3.13. The van der Waals surface area contributed by atoms with E-state index in [0.29, 0.717) is 17.7 Å². The number of carbonyl (C=O) groups is 2. The van der Waals surface area contributed by atoms with Crippen molar-refractivity contribution in [3.63, 3.8) is 0 Å². The average molecular weight is 526 g/mol. The fraction of sp³-hybridized carbons (Fsp3) is 0.200. The van der Waals surface area contributed by atoms with Crippen molar-refractivity contribution >= 4 is 34.0 Å². The van der Waals surface area contributed by atoms with Crippen LogP contribution in [0.25, 0.3) is 16.7 Å². The van der Waals surface area contributed by atoms with Gasteiger partial charge in [0.15, 0.2) is 0 Å². The first kappa shape index (κ1) is 25.7. The molecule has 4 aromatic rings. The summed E-state index contributed by atoms with van der Waals surface area (Å²) < 4.78 is 5.36. The number of carbonyl (C=O) groups excluding carboxylic acids is 2. The number of nitro groups is 1. The van der Waals surface area contributed by atoms with Crippen molar-refractivity contribution < 1.29 is 24.4 Å².